The maximum absolute atomic E-state index is 12.3. The van der Waals surface area contributed by atoms with Crippen LogP contribution in [0.4, 0.5) is 0 Å². The Morgan fingerprint density at radius 1 is 1.48 bits per heavy atom. The van der Waals surface area contributed by atoms with Crippen molar-refractivity contribution in [2.24, 2.45) is 0 Å². The van der Waals surface area contributed by atoms with E-state index in [9.17, 15) is 4.79 Å². The molecule has 1 fully saturated rings. The van der Waals surface area contributed by atoms with Gasteiger partial charge < -0.3 is 4.74 Å². The van der Waals surface area contributed by atoms with Crippen LogP contribution in [0, 0.1) is 6.92 Å². The summed E-state index contributed by atoms with van der Waals surface area (Å²) >= 11 is 5.96. The predicted molar refractivity (Wildman–Crippen MR) is 81.1 cm³/mol. The fraction of sp³-hybridized carbons (Fsp3) is 0.667. The van der Waals surface area contributed by atoms with Crippen molar-refractivity contribution >= 4 is 17.6 Å². The molecule has 1 aromatic heterocycles. The number of ether oxygens (including phenoxy) is 1. The van der Waals surface area contributed by atoms with E-state index >= 15 is 0 Å². The lowest BCUT2D eigenvalue weighted by Crippen LogP contribution is -2.40. The normalized spacial score (nSPS) is 19.8. The van der Waals surface area contributed by atoms with Crippen molar-refractivity contribution in [2.45, 2.75) is 58.7 Å². The number of aromatic nitrogens is 2. The van der Waals surface area contributed by atoms with Crippen LogP contribution >= 0.6 is 11.6 Å². The molecule has 0 bridgehead atoms. The number of hydrogen-bond acceptors (Lipinski definition) is 5. The van der Waals surface area contributed by atoms with Crippen LogP contribution in [-0.4, -0.2) is 39.0 Å². The molecule has 21 heavy (non-hydrogen) atoms. The van der Waals surface area contributed by atoms with Crippen LogP contribution in [0.3, 0.4) is 0 Å². The van der Waals surface area contributed by atoms with E-state index in [4.69, 9.17) is 16.3 Å². The first-order valence-corrected chi connectivity index (χ1v) is 7.59. The molecule has 0 aliphatic carbocycles. The van der Waals surface area contributed by atoms with Gasteiger partial charge in [-0.15, -0.1) is 0 Å². The Morgan fingerprint density at radius 3 is 2.81 bits per heavy atom. The molecule has 1 atom stereocenters. The number of nitrogens with zero attached hydrogens (tertiary/aromatic N) is 3. The molecule has 2 heterocycles. The van der Waals surface area contributed by atoms with Gasteiger partial charge in [0.1, 0.15) is 22.6 Å². The average Bonchev–Trinajstić information content (AvgIpc) is 2.73. The van der Waals surface area contributed by atoms with Crippen molar-refractivity contribution in [3.63, 3.8) is 0 Å². The fourth-order valence-corrected chi connectivity index (χ4v) is 2.75. The standard InChI is InChI=1S/C15H22ClN3O2/c1-10-8-12(16)18-13(17-10)9-19-7-5-6-11(19)14(20)21-15(2,3)4/h8,11H,5-7,9H2,1-4H3/t11-/m0/s1. The molecule has 0 radical (unpaired) electrons. The summed E-state index contributed by atoms with van der Waals surface area (Å²) in [5, 5.41) is 0.436. The maximum atomic E-state index is 12.3. The summed E-state index contributed by atoms with van der Waals surface area (Å²) in [6.07, 6.45) is 1.79. The van der Waals surface area contributed by atoms with E-state index in [1.807, 2.05) is 27.7 Å². The molecule has 5 nitrogen and oxygen atoms in total. The smallest absolute Gasteiger partial charge is 0.323 e. The van der Waals surface area contributed by atoms with Gasteiger partial charge in [-0.05, 0) is 53.1 Å². The van der Waals surface area contributed by atoms with E-state index in [0.29, 0.717) is 17.5 Å². The summed E-state index contributed by atoms with van der Waals surface area (Å²) in [6.45, 7) is 8.89. The summed E-state index contributed by atoms with van der Waals surface area (Å²) in [6, 6.07) is 1.51. The van der Waals surface area contributed by atoms with E-state index in [1.165, 1.54) is 0 Å². The summed E-state index contributed by atoms with van der Waals surface area (Å²) in [5.74, 6) is 0.481. The van der Waals surface area contributed by atoms with Crippen LogP contribution in [0.25, 0.3) is 0 Å². The van der Waals surface area contributed by atoms with Gasteiger partial charge in [0.15, 0.2) is 0 Å². The Kier molecular flexibility index (Phi) is 4.84. The van der Waals surface area contributed by atoms with Crippen LogP contribution < -0.4 is 0 Å². The molecular formula is C15H22ClN3O2. The predicted octanol–water partition coefficient (Wildman–Crippen LogP) is 2.74. The summed E-state index contributed by atoms with van der Waals surface area (Å²) in [5.41, 5.74) is 0.368. The van der Waals surface area contributed by atoms with Crippen molar-refractivity contribution < 1.29 is 9.53 Å². The highest BCUT2D eigenvalue weighted by molar-refractivity contribution is 6.29. The zero-order chi connectivity index (χ0) is 15.6. The second-order valence-corrected chi connectivity index (χ2v) is 6.80. The zero-order valence-electron chi connectivity index (χ0n) is 13.0. The molecule has 2 rings (SSSR count). The number of carbonyl (C=O) groups excluding carboxylic acids is 1. The molecule has 0 aromatic carbocycles. The molecule has 1 saturated heterocycles. The molecule has 0 unspecified atom stereocenters. The Labute approximate surface area is 130 Å². The van der Waals surface area contributed by atoms with Gasteiger partial charge in [0, 0.05) is 5.69 Å². The van der Waals surface area contributed by atoms with E-state index in [1.54, 1.807) is 6.07 Å². The fourth-order valence-electron chi connectivity index (χ4n) is 2.49. The highest BCUT2D eigenvalue weighted by Crippen LogP contribution is 2.22. The number of halogens is 1. The lowest BCUT2D eigenvalue weighted by molar-refractivity contribution is -0.160. The van der Waals surface area contributed by atoms with Gasteiger partial charge in [-0.3, -0.25) is 9.69 Å². The molecule has 6 heteroatoms. The Balaban J connectivity index is 2.06. The summed E-state index contributed by atoms with van der Waals surface area (Å²) in [7, 11) is 0. The van der Waals surface area contributed by atoms with E-state index in [2.05, 4.69) is 14.9 Å². The second-order valence-electron chi connectivity index (χ2n) is 6.41. The Bertz CT molecular complexity index is 508. The van der Waals surface area contributed by atoms with Gasteiger partial charge in [-0.1, -0.05) is 11.6 Å². The van der Waals surface area contributed by atoms with E-state index in [0.717, 1.165) is 25.1 Å². The SMILES string of the molecule is Cc1cc(Cl)nc(CN2CCC[C@H]2C(=O)OC(C)(C)C)n1. The van der Waals surface area contributed by atoms with Gasteiger partial charge in [-0.25, -0.2) is 9.97 Å². The number of esters is 1. The second kappa shape index (κ2) is 6.28. The van der Waals surface area contributed by atoms with E-state index in [-0.39, 0.29) is 12.0 Å². The minimum atomic E-state index is -0.464. The van der Waals surface area contributed by atoms with Crippen molar-refractivity contribution in [1.82, 2.24) is 14.9 Å². The first-order valence-electron chi connectivity index (χ1n) is 7.21. The number of hydrogen-bond donors (Lipinski definition) is 0. The molecule has 0 spiro atoms. The number of likely N-dealkylation sites (tertiary alicyclic amines) is 1. The first kappa shape index (κ1) is 16.2. The highest BCUT2D eigenvalue weighted by Gasteiger charge is 2.34. The van der Waals surface area contributed by atoms with Crippen molar-refractivity contribution in [2.75, 3.05) is 6.54 Å². The van der Waals surface area contributed by atoms with E-state index < -0.39 is 5.60 Å². The number of carbonyl (C=O) groups is 1. The van der Waals surface area contributed by atoms with Gasteiger partial charge >= 0.3 is 5.97 Å². The highest BCUT2D eigenvalue weighted by atomic mass is 35.5. The number of aryl methyl sites for hydroxylation is 1. The van der Waals surface area contributed by atoms with Crippen LogP contribution in [0.5, 0.6) is 0 Å². The molecular weight excluding hydrogens is 290 g/mol. The van der Waals surface area contributed by atoms with Crippen LogP contribution in [0.1, 0.15) is 45.1 Å². The molecule has 0 N–H and O–H groups in total. The Morgan fingerprint density at radius 2 is 2.19 bits per heavy atom. The monoisotopic (exact) mass is 311 g/mol. The molecule has 1 aliphatic heterocycles. The molecule has 0 amide bonds. The topological polar surface area (TPSA) is 55.3 Å². The van der Waals surface area contributed by atoms with Crippen molar-refractivity contribution in [3.05, 3.63) is 22.7 Å². The van der Waals surface area contributed by atoms with Crippen LogP contribution in [0.15, 0.2) is 6.07 Å². The third kappa shape index (κ3) is 4.64. The maximum Gasteiger partial charge on any atom is 0.323 e. The molecule has 0 saturated carbocycles. The van der Waals surface area contributed by atoms with Gasteiger partial charge in [-0.2, -0.15) is 0 Å². The third-order valence-corrected chi connectivity index (χ3v) is 3.45. The van der Waals surface area contributed by atoms with Gasteiger partial charge in [0.25, 0.3) is 0 Å². The van der Waals surface area contributed by atoms with Gasteiger partial charge in [0.05, 0.1) is 6.54 Å². The summed E-state index contributed by atoms with van der Waals surface area (Å²) < 4.78 is 5.49. The number of rotatable bonds is 3. The minimum absolute atomic E-state index is 0.168. The zero-order valence-corrected chi connectivity index (χ0v) is 13.8. The lowest BCUT2D eigenvalue weighted by Gasteiger charge is -2.26. The third-order valence-electron chi connectivity index (χ3n) is 3.26. The van der Waals surface area contributed by atoms with Crippen molar-refractivity contribution in [1.29, 1.82) is 0 Å². The van der Waals surface area contributed by atoms with Crippen molar-refractivity contribution in [3.8, 4) is 0 Å². The first-order chi connectivity index (χ1) is 9.74. The average molecular weight is 312 g/mol. The van der Waals surface area contributed by atoms with Crippen LogP contribution in [0.2, 0.25) is 5.15 Å². The minimum Gasteiger partial charge on any atom is -0.459 e. The largest absolute Gasteiger partial charge is 0.459 e. The quantitative estimate of drug-likeness (QED) is 0.634. The molecule has 116 valence electrons. The molecule has 1 aromatic rings. The lowest BCUT2D eigenvalue weighted by atomic mass is 10.1. The van der Waals surface area contributed by atoms with Crippen LogP contribution in [-0.2, 0) is 16.1 Å². The molecule has 1 aliphatic rings. The summed E-state index contributed by atoms with van der Waals surface area (Å²) in [4.78, 5) is 22.9. The Hall–Kier alpha value is -1.20. The van der Waals surface area contributed by atoms with Gasteiger partial charge in [0.2, 0.25) is 0 Å².